The smallest absolute Gasteiger partial charge is 0.234 e. The molecule has 1 aliphatic carbocycles. The molecule has 0 bridgehead atoms. The molecule has 0 aromatic heterocycles. The van der Waals surface area contributed by atoms with E-state index in [1.54, 1.807) is 0 Å². The number of benzene rings is 1. The fraction of sp³-hybridized carbons (Fsp3) is 0.533. The first-order valence-electron chi connectivity index (χ1n) is 6.94. The Balaban J connectivity index is 1.78. The van der Waals surface area contributed by atoms with E-state index in [1.807, 2.05) is 18.2 Å². The van der Waals surface area contributed by atoms with Crippen molar-refractivity contribution >= 4 is 21.8 Å². The first-order chi connectivity index (χ1) is 9.16. The molecule has 0 spiro atoms. The van der Waals surface area contributed by atoms with Crippen molar-refractivity contribution in [2.45, 2.75) is 44.7 Å². The Morgan fingerprint density at radius 1 is 1.37 bits per heavy atom. The summed E-state index contributed by atoms with van der Waals surface area (Å²) in [4.78, 5) is 11.8. The Morgan fingerprint density at radius 3 is 2.74 bits per heavy atom. The van der Waals surface area contributed by atoms with Crippen molar-refractivity contribution in [3.63, 3.8) is 0 Å². The van der Waals surface area contributed by atoms with Crippen molar-refractivity contribution in [2.24, 2.45) is 0 Å². The number of carbonyl (C=O) groups is 1. The molecule has 1 aromatic carbocycles. The molecular weight excluding hydrogens is 304 g/mol. The maximum absolute atomic E-state index is 11.8. The average Bonchev–Trinajstić information content (AvgIpc) is 2.89. The SMILES string of the molecule is C[C@@H](NCC(=O)NC1CCCC1)c1ccccc1Br. The Morgan fingerprint density at radius 2 is 2.05 bits per heavy atom. The Labute approximate surface area is 123 Å². The lowest BCUT2D eigenvalue weighted by Gasteiger charge is -2.17. The second kappa shape index (κ2) is 7.06. The van der Waals surface area contributed by atoms with Gasteiger partial charge in [0, 0.05) is 16.6 Å². The summed E-state index contributed by atoms with van der Waals surface area (Å²) < 4.78 is 1.08. The van der Waals surface area contributed by atoms with E-state index in [-0.39, 0.29) is 11.9 Å². The van der Waals surface area contributed by atoms with Gasteiger partial charge in [0.1, 0.15) is 0 Å². The lowest BCUT2D eigenvalue weighted by molar-refractivity contribution is -0.121. The van der Waals surface area contributed by atoms with Gasteiger partial charge in [0.15, 0.2) is 0 Å². The van der Waals surface area contributed by atoms with E-state index in [2.05, 4.69) is 39.6 Å². The third kappa shape index (κ3) is 4.32. The van der Waals surface area contributed by atoms with Gasteiger partial charge in [-0.1, -0.05) is 47.0 Å². The number of rotatable bonds is 5. The summed E-state index contributed by atoms with van der Waals surface area (Å²) in [7, 11) is 0. The number of hydrogen-bond acceptors (Lipinski definition) is 2. The zero-order valence-electron chi connectivity index (χ0n) is 11.3. The number of hydrogen-bond donors (Lipinski definition) is 2. The van der Waals surface area contributed by atoms with Crippen LogP contribution in [0.2, 0.25) is 0 Å². The quantitative estimate of drug-likeness (QED) is 0.873. The van der Waals surface area contributed by atoms with Crippen LogP contribution in [0.4, 0.5) is 0 Å². The fourth-order valence-electron chi connectivity index (χ4n) is 2.53. The lowest BCUT2D eigenvalue weighted by Crippen LogP contribution is -2.39. The fourth-order valence-corrected chi connectivity index (χ4v) is 3.16. The van der Waals surface area contributed by atoms with E-state index < -0.39 is 0 Å². The summed E-state index contributed by atoms with van der Waals surface area (Å²) in [6, 6.07) is 8.64. The molecule has 0 heterocycles. The average molecular weight is 325 g/mol. The minimum Gasteiger partial charge on any atom is -0.352 e. The van der Waals surface area contributed by atoms with Gasteiger partial charge in [-0.2, -0.15) is 0 Å². The highest BCUT2D eigenvalue weighted by Crippen LogP contribution is 2.22. The minimum atomic E-state index is 0.103. The van der Waals surface area contributed by atoms with Crippen LogP contribution in [-0.4, -0.2) is 18.5 Å². The highest BCUT2D eigenvalue weighted by atomic mass is 79.9. The number of halogens is 1. The Kier molecular flexibility index (Phi) is 5.40. The molecule has 2 rings (SSSR count). The molecule has 19 heavy (non-hydrogen) atoms. The molecule has 1 saturated carbocycles. The van der Waals surface area contributed by atoms with Gasteiger partial charge < -0.3 is 10.6 Å². The molecule has 104 valence electrons. The molecule has 0 unspecified atom stereocenters. The van der Waals surface area contributed by atoms with E-state index in [0.29, 0.717) is 12.6 Å². The van der Waals surface area contributed by atoms with E-state index in [9.17, 15) is 4.79 Å². The molecule has 2 N–H and O–H groups in total. The van der Waals surface area contributed by atoms with Gasteiger partial charge >= 0.3 is 0 Å². The molecule has 1 atom stereocenters. The Hall–Kier alpha value is -0.870. The van der Waals surface area contributed by atoms with E-state index in [4.69, 9.17) is 0 Å². The molecule has 3 nitrogen and oxygen atoms in total. The van der Waals surface area contributed by atoms with Crippen LogP contribution in [0, 0.1) is 0 Å². The van der Waals surface area contributed by atoms with Crippen LogP contribution in [-0.2, 0) is 4.79 Å². The highest BCUT2D eigenvalue weighted by Gasteiger charge is 2.17. The van der Waals surface area contributed by atoms with Crippen LogP contribution < -0.4 is 10.6 Å². The van der Waals surface area contributed by atoms with Gasteiger partial charge in [0.25, 0.3) is 0 Å². The highest BCUT2D eigenvalue weighted by molar-refractivity contribution is 9.10. The van der Waals surface area contributed by atoms with Gasteiger partial charge in [-0.3, -0.25) is 4.79 Å². The summed E-state index contributed by atoms with van der Waals surface area (Å²) in [6.45, 7) is 2.45. The summed E-state index contributed by atoms with van der Waals surface area (Å²) in [5.41, 5.74) is 1.18. The minimum absolute atomic E-state index is 0.103. The zero-order valence-corrected chi connectivity index (χ0v) is 12.9. The van der Waals surface area contributed by atoms with Crippen molar-refractivity contribution < 1.29 is 4.79 Å². The molecule has 0 aliphatic heterocycles. The molecule has 1 fully saturated rings. The maximum atomic E-state index is 11.8. The third-order valence-electron chi connectivity index (χ3n) is 3.66. The monoisotopic (exact) mass is 324 g/mol. The molecule has 1 amide bonds. The molecule has 0 saturated heterocycles. The third-order valence-corrected chi connectivity index (χ3v) is 4.38. The molecular formula is C15H21BrN2O. The number of amides is 1. The summed E-state index contributed by atoms with van der Waals surface area (Å²) >= 11 is 3.53. The van der Waals surface area contributed by atoms with Crippen molar-refractivity contribution in [3.05, 3.63) is 34.3 Å². The number of nitrogens with one attached hydrogen (secondary N) is 2. The largest absolute Gasteiger partial charge is 0.352 e. The van der Waals surface area contributed by atoms with Gasteiger partial charge in [0.05, 0.1) is 6.54 Å². The van der Waals surface area contributed by atoms with Gasteiger partial charge in [0.2, 0.25) is 5.91 Å². The normalized spacial score (nSPS) is 17.4. The molecule has 1 aromatic rings. The van der Waals surface area contributed by atoms with Crippen LogP contribution >= 0.6 is 15.9 Å². The lowest BCUT2D eigenvalue weighted by atomic mass is 10.1. The van der Waals surface area contributed by atoms with Crippen LogP contribution in [0.1, 0.15) is 44.2 Å². The van der Waals surface area contributed by atoms with Crippen LogP contribution in [0.25, 0.3) is 0 Å². The zero-order chi connectivity index (χ0) is 13.7. The molecule has 4 heteroatoms. The van der Waals surface area contributed by atoms with Gasteiger partial charge in [-0.05, 0) is 31.4 Å². The van der Waals surface area contributed by atoms with Crippen LogP contribution in [0.15, 0.2) is 28.7 Å². The molecule has 1 aliphatic rings. The van der Waals surface area contributed by atoms with Crippen molar-refractivity contribution in [1.82, 2.24) is 10.6 Å². The van der Waals surface area contributed by atoms with E-state index in [0.717, 1.165) is 17.3 Å². The van der Waals surface area contributed by atoms with Crippen molar-refractivity contribution in [3.8, 4) is 0 Å². The first kappa shape index (κ1) is 14.5. The van der Waals surface area contributed by atoms with E-state index >= 15 is 0 Å². The van der Waals surface area contributed by atoms with E-state index in [1.165, 1.54) is 18.4 Å². The van der Waals surface area contributed by atoms with Crippen molar-refractivity contribution in [2.75, 3.05) is 6.54 Å². The number of carbonyl (C=O) groups excluding carboxylic acids is 1. The summed E-state index contributed by atoms with van der Waals surface area (Å²) in [5, 5.41) is 6.36. The topological polar surface area (TPSA) is 41.1 Å². The summed E-state index contributed by atoms with van der Waals surface area (Å²) in [6.07, 6.45) is 4.74. The first-order valence-corrected chi connectivity index (χ1v) is 7.73. The van der Waals surface area contributed by atoms with Crippen molar-refractivity contribution in [1.29, 1.82) is 0 Å². The summed E-state index contributed by atoms with van der Waals surface area (Å²) in [5.74, 6) is 0.103. The van der Waals surface area contributed by atoms with Crippen LogP contribution in [0.5, 0.6) is 0 Å². The predicted molar refractivity (Wildman–Crippen MR) is 81.0 cm³/mol. The second-order valence-electron chi connectivity index (χ2n) is 5.17. The van der Waals surface area contributed by atoms with Gasteiger partial charge in [-0.25, -0.2) is 0 Å². The van der Waals surface area contributed by atoms with Crippen LogP contribution in [0.3, 0.4) is 0 Å². The predicted octanol–water partition coefficient (Wildman–Crippen LogP) is 3.16. The van der Waals surface area contributed by atoms with Gasteiger partial charge in [-0.15, -0.1) is 0 Å². The second-order valence-corrected chi connectivity index (χ2v) is 6.03. The maximum Gasteiger partial charge on any atom is 0.234 e. The molecule has 0 radical (unpaired) electrons. The standard InChI is InChI=1S/C15H21BrN2O/c1-11(13-8-4-5-9-14(13)16)17-10-15(19)18-12-6-2-3-7-12/h4-5,8-9,11-12,17H,2-3,6-7,10H2,1H3,(H,18,19)/t11-/m1/s1. The Bertz CT molecular complexity index is 430.